The highest BCUT2D eigenvalue weighted by Gasteiger charge is 2.11. The van der Waals surface area contributed by atoms with Crippen LogP contribution >= 0.6 is 15.9 Å². The lowest BCUT2D eigenvalue weighted by atomic mass is 10.4. The molecule has 0 bridgehead atoms. The number of esters is 1. The number of hydrogen-bond donors (Lipinski definition) is 0. The molecular weight excluding hydrogens is 238 g/mol. The Hall–Kier alpha value is -0.840. The lowest BCUT2D eigenvalue weighted by molar-refractivity contribution is -0.135. The number of halogens is 1. The van der Waals surface area contributed by atoms with Gasteiger partial charge in [0.15, 0.2) is 5.71 Å². The van der Waals surface area contributed by atoms with Crippen molar-refractivity contribution < 1.29 is 14.4 Å². The molecule has 4 nitrogen and oxygen atoms in total. The Bertz CT molecular complexity index is 204. The molecule has 0 atom stereocenters. The van der Waals surface area contributed by atoms with Crippen molar-refractivity contribution in [3.8, 4) is 0 Å². The summed E-state index contributed by atoms with van der Waals surface area (Å²) in [5, 5.41) is 3.88. The molecule has 0 aliphatic carbocycles. The summed E-state index contributed by atoms with van der Waals surface area (Å²) in [6.45, 7) is 5.77. The summed E-state index contributed by atoms with van der Waals surface area (Å²) >= 11 is 3.10. The largest absolute Gasteiger partial charge is 0.461 e. The zero-order valence-corrected chi connectivity index (χ0v) is 9.04. The summed E-state index contributed by atoms with van der Waals surface area (Å²) in [6, 6.07) is 0. The Morgan fingerprint density at radius 1 is 1.69 bits per heavy atom. The van der Waals surface area contributed by atoms with Crippen molar-refractivity contribution in [2.45, 2.75) is 6.92 Å². The number of hydrogen-bond acceptors (Lipinski definition) is 4. The van der Waals surface area contributed by atoms with Gasteiger partial charge in [0.2, 0.25) is 0 Å². The summed E-state index contributed by atoms with van der Waals surface area (Å²) in [6.07, 6.45) is 1.54. The fourth-order valence-corrected chi connectivity index (χ4v) is 0.830. The van der Waals surface area contributed by atoms with Crippen LogP contribution < -0.4 is 0 Å². The third kappa shape index (κ3) is 5.41. The first-order valence-corrected chi connectivity index (χ1v) is 4.91. The predicted molar refractivity (Wildman–Crippen MR) is 54.0 cm³/mol. The molecule has 0 unspecified atom stereocenters. The van der Waals surface area contributed by atoms with E-state index in [1.54, 1.807) is 13.0 Å². The molecule has 0 heterocycles. The first-order chi connectivity index (χ1) is 6.26. The van der Waals surface area contributed by atoms with Crippen LogP contribution in [0.4, 0.5) is 0 Å². The average molecular weight is 250 g/mol. The molecule has 74 valence electrons. The van der Waals surface area contributed by atoms with Crippen molar-refractivity contribution >= 4 is 27.6 Å². The van der Waals surface area contributed by atoms with Gasteiger partial charge in [-0.05, 0) is 6.92 Å². The van der Waals surface area contributed by atoms with Gasteiger partial charge in [-0.25, -0.2) is 4.79 Å². The molecule has 0 aliphatic heterocycles. The topological polar surface area (TPSA) is 47.9 Å². The van der Waals surface area contributed by atoms with Crippen LogP contribution in [0.2, 0.25) is 0 Å². The minimum absolute atomic E-state index is 0.212. The smallest absolute Gasteiger partial charge is 0.356 e. The van der Waals surface area contributed by atoms with Crippen molar-refractivity contribution in [2.24, 2.45) is 5.16 Å². The second-order valence-corrected chi connectivity index (χ2v) is 2.54. The van der Waals surface area contributed by atoms with Crippen LogP contribution in [-0.2, 0) is 14.4 Å². The number of oxime groups is 1. The molecule has 0 aromatic carbocycles. The van der Waals surface area contributed by atoms with E-state index >= 15 is 0 Å². The SMILES string of the molecule is C=CCO/N=C(\CBr)C(=O)OCC. The molecule has 0 aliphatic rings. The van der Waals surface area contributed by atoms with Crippen LogP contribution in [0.25, 0.3) is 0 Å². The van der Waals surface area contributed by atoms with Gasteiger partial charge < -0.3 is 9.57 Å². The van der Waals surface area contributed by atoms with Crippen LogP contribution in [-0.4, -0.2) is 30.2 Å². The van der Waals surface area contributed by atoms with Crippen molar-refractivity contribution in [3.63, 3.8) is 0 Å². The monoisotopic (exact) mass is 249 g/mol. The summed E-state index contributed by atoms with van der Waals surface area (Å²) in [4.78, 5) is 15.8. The second kappa shape index (κ2) is 7.79. The van der Waals surface area contributed by atoms with Crippen molar-refractivity contribution in [2.75, 3.05) is 18.5 Å². The summed E-state index contributed by atoms with van der Waals surface area (Å²) < 4.78 is 4.72. The molecule has 0 amide bonds. The van der Waals surface area contributed by atoms with Crippen molar-refractivity contribution in [1.82, 2.24) is 0 Å². The molecular formula is C8H12BrNO3. The van der Waals surface area contributed by atoms with Crippen LogP contribution in [0.1, 0.15) is 6.92 Å². The minimum Gasteiger partial charge on any atom is -0.461 e. The van der Waals surface area contributed by atoms with Crippen LogP contribution in [0.3, 0.4) is 0 Å². The highest BCUT2D eigenvalue weighted by molar-refractivity contribution is 9.09. The standard InChI is InChI=1S/C8H12BrNO3/c1-3-5-13-10-7(6-9)8(11)12-4-2/h3H,1,4-6H2,2H3/b10-7+. The van der Waals surface area contributed by atoms with Gasteiger partial charge in [-0.3, -0.25) is 0 Å². The molecule has 0 aromatic rings. The van der Waals surface area contributed by atoms with E-state index in [0.717, 1.165) is 0 Å². The highest BCUT2D eigenvalue weighted by atomic mass is 79.9. The molecule has 5 heteroatoms. The zero-order chi connectivity index (χ0) is 10.1. The van der Waals surface area contributed by atoms with E-state index in [4.69, 9.17) is 9.57 Å². The number of carbonyl (C=O) groups is 1. The number of rotatable bonds is 6. The number of ether oxygens (including phenoxy) is 1. The van der Waals surface area contributed by atoms with E-state index in [0.29, 0.717) is 11.9 Å². The lowest BCUT2D eigenvalue weighted by Crippen LogP contribution is -2.19. The Labute approximate surface area is 85.7 Å². The molecule has 13 heavy (non-hydrogen) atoms. The maximum absolute atomic E-state index is 11.1. The second-order valence-electron chi connectivity index (χ2n) is 1.98. The van der Waals surface area contributed by atoms with Crippen molar-refractivity contribution in [1.29, 1.82) is 0 Å². The van der Waals surface area contributed by atoms with Gasteiger partial charge >= 0.3 is 5.97 Å². The van der Waals surface area contributed by atoms with E-state index in [-0.39, 0.29) is 12.3 Å². The van der Waals surface area contributed by atoms with Gasteiger partial charge in [0.1, 0.15) is 6.61 Å². The van der Waals surface area contributed by atoms with Gasteiger partial charge in [-0.15, -0.1) is 0 Å². The molecule has 0 saturated heterocycles. The van der Waals surface area contributed by atoms with E-state index in [2.05, 4.69) is 27.7 Å². The first kappa shape index (κ1) is 12.2. The Balaban J connectivity index is 4.05. The van der Waals surface area contributed by atoms with E-state index in [1.807, 2.05) is 0 Å². The number of alkyl halides is 1. The maximum Gasteiger partial charge on any atom is 0.356 e. The Morgan fingerprint density at radius 3 is 2.85 bits per heavy atom. The van der Waals surface area contributed by atoms with E-state index < -0.39 is 5.97 Å². The first-order valence-electron chi connectivity index (χ1n) is 3.79. The molecule has 0 rings (SSSR count). The van der Waals surface area contributed by atoms with Crippen LogP contribution in [0, 0.1) is 0 Å². The molecule has 0 spiro atoms. The third-order valence-corrected chi connectivity index (χ3v) is 1.54. The number of nitrogens with zero attached hydrogens (tertiary/aromatic N) is 1. The zero-order valence-electron chi connectivity index (χ0n) is 7.46. The fourth-order valence-electron chi connectivity index (χ4n) is 0.499. The highest BCUT2D eigenvalue weighted by Crippen LogP contribution is 1.92. The van der Waals surface area contributed by atoms with Gasteiger partial charge in [0.25, 0.3) is 0 Å². The summed E-state index contributed by atoms with van der Waals surface area (Å²) in [5.41, 5.74) is 0.212. The molecule has 0 N–H and O–H groups in total. The fraction of sp³-hybridized carbons (Fsp3) is 0.500. The maximum atomic E-state index is 11.1. The number of carbonyl (C=O) groups excluding carboxylic acids is 1. The van der Waals surface area contributed by atoms with Crippen molar-refractivity contribution in [3.05, 3.63) is 12.7 Å². The predicted octanol–water partition coefficient (Wildman–Crippen LogP) is 1.50. The molecule has 0 saturated carbocycles. The minimum atomic E-state index is -0.469. The Kier molecular flexibility index (Phi) is 7.29. The van der Waals surface area contributed by atoms with Gasteiger partial charge in [0.05, 0.1) is 11.9 Å². The lowest BCUT2D eigenvalue weighted by Gasteiger charge is -2.01. The van der Waals surface area contributed by atoms with Gasteiger partial charge in [-0.1, -0.05) is 33.7 Å². The molecule has 0 radical (unpaired) electrons. The average Bonchev–Trinajstić information content (AvgIpc) is 2.13. The quantitative estimate of drug-likeness (QED) is 0.179. The van der Waals surface area contributed by atoms with Crippen LogP contribution in [0.5, 0.6) is 0 Å². The van der Waals surface area contributed by atoms with Gasteiger partial charge in [0, 0.05) is 0 Å². The molecule has 0 fully saturated rings. The van der Waals surface area contributed by atoms with E-state index in [1.165, 1.54) is 0 Å². The van der Waals surface area contributed by atoms with Gasteiger partial charge in [-0.2, -0.15) is 0 Å². The normalized spacial score (nSPS) is 10.8. The Morgan fingerprint density at radius 2 is 2.38 bits per heavy atom. The third-order valence-electron chi connectivity index (χ3n) is 1.00. The summed E-state index contributed by atoms with van der Waals surface area (Å²) in [5.74, 6) is -0.469. The van der Waals surface area contributed by atoms with Crippen LogP contribution in [0.15, 0.2) is 17.8 Å². The van der Waals surface area contributed by atoms with E-state index in [9.17, 15) is 4.79 Å². The molecule has 0 aromatic heterocycles. The summed E-state index contributed by atoms with van der Waals surface area (Å²) in [7, 11) is 0.